The van der Waals surface area contributed by atoms with Crippen LogP contribution < -0.4 is 16.8 Å². The van der Waals surface area contributed by atoms with Crippen molar-refractivity contribution in [2.24, 2.45) is 13.0 Å². The molecular weight excluding hydrogens is 450 g/mol. The third-order valence-electron chi connectivity index (χ3n) is 4.94. The zero-order chi connectivity index (χ0) is 22.4. The molecule has 9 heteroatoms. The molecule has 0 fully saturated rings. The van der Waals surface area contributed by atoms with Gasteiger partial charge >= 0.3 is 5.69 Å². The second kappa shape index (κ2) is 8.44. The molecule has 164 valence electrons. The number of aromatic nitrogens is 3. The summed E-state index contributed by atoms with van der Waals surface area (Å²) in [5, 5.41) is 1.56. The first-order chi connectivity index (χ1) is 14.7. The summed E-state index contributed by atoms with van der Waals surface area (Å²) in [6, 6.07) is 7.59. The van der Waals surface area contributed by atoms with Crippen LogP contribution in [0, 0.1) is 5.92 Å². The summed E-state index contributed by atoms with van der Waals surface area (Å²) in [5.74, 6) is 0.260. The first-order valence-corrected chi connectivity index (χ1v) is 12.7. The van der Waals surface area contributed by atoms with Crippen molar-refractivity contribution in [3.8, 4) is 0 Å². The fourth-order valence-electron chi connectivity index (χ4n) is 3.59. The Morgan fingerprint density at radius 1 is 1.03 bits per heavy atom. The lowest BCUT2D eigenvalue weighted by molar-refractivity contribution is 0.504. The van der Waals surface area contributed by atoms with Crippen LogP contribution in [-0.4, -0.2) is 18.3 Å². The molecule has 31 heavy (non-hydrogen) atoms. The van der Waals surface area contributed by atoms with Gasteiger partial charge in [0.2, 0.25) is 0 Å². The number of hydrogen-bond acceptors (Lipinski definition) is 6. The Morgan fingerprint density at radius 2 is 1.74 bits per heavy atom. The molecule has 0 N–H and O–H groups in total. The first-order valence-electron chi connectivity index (χ1n) is 10.2. The second-order valence-electron chi connectivity index (χ2n) is 8.28. The molecule has 0 spiro atoms. The van der Waals surface area contributed by atoms with Gasteiger partial charge in [-0.1, -0.05) is 51.4 Å². The maximum absolute atomic E-state index is 13.1. The maximum Gasteiger partial charge on any atom is 0.331 e. The molecule has 0 aliphatic heterocycles. The molecule has 3 heterocycles. The SMILES string of the molecule is CC(C)Cn1c(=O)n(C)c(=O)c2c(SC(C)C)c(Cn3sc4ccccc4c3=O)sc21. The van der Waals surface area contributed by atoms with Gasteiger partial charge in [0.1, 0.15) is 4.83 Å². The predicted molar refractivity (Wildman–Crippen MR) is 132 cm³/mol. The van der Waals surface area contributed by atoms with E-state index in [4.69, 9.17) is 0 Å². The largest absolute Gasteiger partial charge is 0.331 e. The molecule has 4 aromatic rings. The number of hydrogen-bond donors (Lipinski definition) is 0. The number of thioether (sulfide) groups is 1. The van der Waals surface area contributed by atoms with Crippen molar-refractivity contribution in [3.05, 3.63) is 60.3 Å². The predicted octanol–water partition coefficient (Wildman–Crippen LogP) is 4.34. The van der Waals surface area contributed by atoms with Crippen molar-refractivity contribution in [3.63, 3.8) is 0 Å². The quantitative estimate of drug-likeness (QED) is 0.389. The van der Waals surface area contributed by atoms with Gasteiger partial charge in [-0.05, 0) is 18.1 Å². The lowest BCUT2D eigenvalue weighted by atomic mass is 10.2. The highest BCUT2D eigenvalue weighted by Gasteiger charge is 2.23. The van der Waals surface area contributed by atoms with Crippen LogP contribution in [0.4, 0.5) is 0 Å². The van der Waals surface area contributed by atoms with Crippen LogP contribution in [0.1, 0.15) is 32.6 Å². The summed E-state index contributed by atoms with van der Waals surface area (Å²) in [5.41, 5.74) is -0.584. The minimum absolute atomic E-state index is 0.0222. The standard InChI is InChI=1S/C22H25N3O3S3/c1-12(2)10-24-21-17(20(27)23(5)22(24)28)18(29-13(3)4)16(30-21)11-25-19(26)14-8-6-7-9-15(14)31-25/h6-9,12-13H,10-11H2,1-5H3. The molecule has 3 aromatic heterocycles. The average Bonchev–Trinajstić information content (AvgIpc) is 3.21. The van der Waals surface area contributed by atoms with Gasteiger partial charge in [-0.25, -0.2) is 4.79 Å². The molecule has 0 saturated carbocycles. The van der Waals surface area contributed by atoms with Crippen LogP contribution >= 0.6 is 34.6 Å². The van der Waals surface area contributed by atoms with E-state index >= 15 is 0 Å². The van der Waals surface area contributed by atoms with E-state index in [1.165, 1.54) is 27.4 Å². The Balaban J connectivity index is 1.99. The van der Waals surface area contributed by atoms with Gasteiger partial charge in [-0.15, -0.1) is 23.1 Å². The lowest BCUT2D eigenvalue weighted by Gasteiger charge is -2.12. The fraction of sp³-hybridized carbons (Fsp3) is 0.409. The van der Waals surface area contributed by atoms with Gasteiger partial charge in [-0.3, -0.25) is 22.7 Å². The third kappa shape index (κ3) is 3.94. The summed E-state index contributed by atoms with van der Waals surface area (Å²) >= 11 is 4.51. The number of benzene rings is 1. The Labute approximate surface area is 191 Å². The van der Waals surface area contributed by atoms with Gasteiger partial charge in [0, 0.05) is 28.6 Å². The Kier molecular flexibility index (Phi) is 6.02. The smallest absolute Gasteiger partial charge is 0.284 e. The molecule has 0 aliphatic carbocycles. The molecule has 0 radical (unpaired) electrons. The van der Waals surface area contributed by atoms with Crippen molar-refractivity contribution in [1.29, 1.82) is 0 Å². The number of rotatable bonds is 6. The third-order valence-corrected chi connectivity index (χ3v) is 8.49. The van der Waals surface area contributed by atoms with E-state index in [2.05, 4.69) is 27.7 Å². The van der Waals surface area contributed by atoms with Crippen molar-refractivity contribution >= 4 is 54.9 Å². The summed E-state index contributed by atoms with van der Waals surface area (Å²) in [6.07, 6.45) is 0. The molecule has 6 nitrogen and oxygen atoms in total. The molecule has 4 rings (SSSR count). The number of fused-ring (bicyclic) bond motifs is 2. The normalized spacial score (nSPS) is 12.1. The van der Waals surface area contributed by atoms with Gasteiger partial charge in [0.15, 0.2) is 0 Å². The minimum atomic E-state index is -0.292. The fourth-order valence-corrected chi connectivity index (χ4v) is 7.16. The van der Waals surface area contributed by atoms with Crippen LogP contribution in [0.5, 0.6) is 0 Å². The Bertz CT molecular complexity index is 1450. The summed E-state index contributed by atoms with van der Waals surface area (Å²) < 4.78 is 5.61. The van der Waals surface area contributed by atoms with E-state index in [9.17, 15) is 14.4 Å². The monoisotopic (exact) mass is 475 g/mol. The van der Waals surface area contributed by atoms with E-state index < -0.39 is 0 Å². The molecule has 0 saturated heterocycles. The Hall–Kier alpha value is -2.10. The van der Waals surface area contributed by atoms with Crippen LogP contribution in [-0.2, 0) is 20.1 Å². The molecule has 0 atom stereocenters. The van der Waals surface area contributed by atoms with Crippen molar-refractivity contribution in [1.82, 2.24) is 13.1 Å². The molecular formula is C22H25N3O3S3. The number of nitrogens with zero attached hydrogens (tertiary/aromatic N) is 3. The van der Waals surface area contributed by atoms with E-state index in [1.807, 2.05) is 24.3 Å². The van der Waals surface area contributed by atoms with Crippen LogP contribution in [0.2, 0.25) is 0 Å². The van der Waals surface area contributed by atoms with Crippen molar-refractivity contribution in [2.45, 2.75) is 50.9 Å². The van der Waals surface area contributed by atoms with E-state index in [1.54, 1.807) is 27.3 Å². The van der Waals surface area contributed by atoms with Gasteiger partial charge in [-0.2, -0.15) is 0 Å². The van der Waals surface area contributed by atoms with Crippen LogP contribution in [0.25, 0.3) is 20.3 Å². The van der Waals surface area contributed by atoms with Crippen molar-refractivity contribution in [2.75, 3.05) is 0 Å². The van der Waals surface area contributed by atoms with E-state index in [-0.39, 0.29) is 28.0 Å². The minimum Gasteiger partial charge on any atom is -0.284 e. The maximum atomic E-state index is 13.1. The molecule has 0 amide bonds. The summed E-state index contributed by atoms with van der Waals surface area (Å²) in [4.78, 5) is 41.5. The summed E-state index contributed by atoms with van der Waals surface area (Å²) in [6.45, 7) is 9.21. The zero-order valence-corrected chi connectivity index (χ0v) is 20.6. The Morgan fingerprint density at radius 3 is 2.39 bits per heavy atom. The van der Waals surface area contributed by atoms with Gasteiger partial charge in [0.05, 0.1) is 22.0 Å². The molecule has 1 aromatic carbocycles. The molecule has 0 bridgehead atoms. The molecule has 0 unspecified atom stereocenters. The average molecular weight is 476 g/mol. The molecule has 0 aliphatic rings. The first kappa shape index (κ1) is 22.1. The van der Waals surface area contributed by atoms with Gasteiger partial charge in [0.25, 0.3) is 11.1 Å². The van der Waals surface area contributed by atoms with E-state index in [0.29, 0.717) is 28.7 Å². The highest BCUT2D eigenvalue weighted by atomic mass is 32.2. The lowest BCUT2D eigenvalue weighted by Crippen LogP contribution is -2.38. The highest BCUT2D eigenvalue weighted by Crippen LogP contribution is 2.39. The zero-order valence-electron chi connectivity index (χ0n) is 18.2. The van der Waals surface area contributed by atoms with Crippen molar-refractivity contribution < 1.29 is 0 Å². The van der Waals surface area contributed by atoms with Crippen LogP contribution in [0.15, 0.2) is 43.5 Å². The summed E-state index contributed by atoms with van der Waals surface area (Å²) in [7, 11) is 1.54. The second-order valence-corrected chi connectivity index (χ2v) is 12.0. The van der Waals surface area contributed by atoms with Gasteiger partial charge < -0.3 is 0 Å². The number of thiophene rings is 1. The van der Waals surface area contributed by atoms with E-state index in [0.717, 1.165) is 14.5 Å². The van der Waals surface area contributed by atoms with Crippen LogP contribution in [0.3, 0.4) is 0 Å². The topological polar surface area (TPSA) is 66.0 Å². The highest BCUT2D eigenvalue weighted by molar-refractivity contribution is 8.00.